The van der Waals surface area contributed by atoms with E-state index in [9.17, 15) is 4.79 Å². The quantitative estimate of drug-likeness (QED) is 0.883. The third kappa shape index (κ3) is 4.35. The predicted octanol–water partition coefficient (Wildman–Crippen LogP) is 3.25. The lowest BCUT2D eigenvalue weighted by atomic mass is 10.1. The molecule has 0 unspecified atom stereocenters. The van der Waals surface area contributed by atoms with Crippen molar-refractivity contribution in [1.82, 2.24) is 5.32 Å². The molecule has 0 radical (unpaired) electrons. The number of rotatable bonds is 6. The van der Waals surface area contributed by atoms with E-state index in [0.717, 1.165) is 23.3 Å². The minimum atomic E-state index is -0.107. The number of amides is 1. The molecule has 0 aliphatic carbocycles. The number of carbonyl (C=O) groups excluding carboxylic acids is 1. The smallest absolute Gasteiger partial charge is 0.258 e. The fraction of sp³-hybridized carbons (Fsp3) is 0.278. The molecule has 0 saturated carbocycles. The van der Waals surface area contributed by atoms with Gasteiger partial charge in [-0.2, -0.15) is 0 Å². The van der Waals surface area contributed by atoms with Crippen molar-refractivity contribution in [3.05, 3.63) is 65.2 Å². The highest BCUT2D eigenvalue weighted by Crippen LogP contribution is 2.17. The zero-order valence-electron chi connectivity index (χ0n) is 12.6. The van der Waals surface area contributed by atoms with Crippen molar-refractivity contribution < 1.29 is 9.53 Å². The molecule has 2 aromatic carbocycles. The zero-order valence-corrected chi connectivity index (χ0v) is 12.6. The number of nitrogens with one attached hydrogen (secondary N) is 1. The molecule has 0 atom stereocenters. The molecule has 0 fully saturated rings. The normalized spacial score (nSPS) is 10.2. The molecular weight excluding hydrogens is 262 g/mol. The summed E-state index contributed by atoms with van der Waals surface area (Å²) in [5.41, 5.74) is 3.42. The van der Waals surface area contributed by atoms with Crippen molar-refractivity contribution in [2.75, 3.05) is 6.61 Å². The summed E-state index contributed by atoms with van der Waals surface area (Å²) < 4.78 is 5.60. The second-order valence-electron chi connectivity index (χ2n) is 4.95. The lowest BCUT2D eigenvalue weighted by molar-refractivity contribution is -0.123. The molecule has 2 aromatic rings. The molecule has 0 aliphatic rings. The highest BCUT2D eigenvalue weighted by atomic mass is 16.5. The van der Waals surface area contributed by atoms with Gasteiger partial charge in [-0.25, -0.2) is 0 Å². The lowest BCUT2D eigenvalue weighted by Crippen LogP contribution is -2.28. The van der Waals surface area contributed by atoms with Crippen LogP contribution in [-0.2, 0) is 17.8 Å². The summed E-state index contributed by atoms with van der Waals surface area (Å²) in [6, 6.07) is 15.8. The minimum absolute atomic E-state index is 0.0445. The van der Waals surface area contributed by atoms with Crippen LogP contribution in [0.5, 0.6) is 5.75 Å². The molecule has 1 N–H and O–H groups in total. The van der Waals surface area contributed by atoms with Crippen LogP contribution in [-0.4, -0.2) is 12.5 Å². The topological polar surface area (TPSA) is 38.3 Å². The highest BCUT2D eigenvalue weighted by molar-refractivity contribution is 5.77. The standard InChI is InChI=1S/C18H21NO2/c1-3-15-9-6-7-11-17(15)21-13-18(20)19-12-16-10-5-4-8-14(16)2/h4-11H,3,12-13H2,1-2H3,(H,19,20). The highest BCUT2D eigenvalue weighted by Gasteiger charge is 2.06. The number of ether oxygens (including phenoxy) is 1. The van der Waals surface area contributed by atoms with Gasteiger partial charge in [0, 0.05) is 6.54 Å². The van der Waals surface area contributed by atoms with Crippen LogP contribution in [0.1, 0.15) is 23.6 Å². The second kappa shape index (κ2) is 7.48. The van der Waals surface area contributed by atoms with E-state index >= 15 is 0 Å². The van der Waals surface area contributed by atoms with Gasteiger partial charge in [-0.05, 0) is 36.1 Å². The molecule has 3 heteroatoms. The Morgan fingerprint density at radius 3 is 2.43 bits per heavy atom. The van der Waals surface area contributed by atoms with Gasteiger partial charge in [0.05, 0.1) is 0 Å². The Hall–Kier alpha value is -2.29. The van der Waals surface area contributed by atoms with Crippen LogP contribution in [0.3, 0.4) is 0 Å². The van der Waals surface area contributed by atoms with Gasteiger partial charge in [0.2, 0.25) is 0 Å². The summed E-state index contributed by atoms with van der Waals surface area (Å²) in [6.45, 7) is 4.68. The monoisotopic (exact) mass is 283 g/mol. The largest absolute Gasteiger partial charge is 0.483 e. The maximum absolute atomic E-state index is 11.9. The van der Waals surface area contributed by atoms with Crippen molar-refractivity contribution in [3.8, 4) is 5.75 Å². The third-order valence-corrected chi connectivity index (χ3v) is 3.45. The van der Waals surface area contributed by atoms with E-state index in [-0.39, 0.29) is 12.5 Å². The number of para-hydroxylation sites is 1. The van der Waals surface area contributed by atoms with Crippen molar-refractivity contribution in [1.29, 1.82) is 0 Å². The fourth-order valence-corrected chi connectivity index (χ4v) is 2.13. The lowest BCUT2D eigenvalue weighted by Gasteiger charge is -2.11. The first-order chi connectivity index (χ1) is 10.2. The molecule has 0 aromatic heterocycles. The molecule has 21 heavy (non-hydrogen) atoms. The SMILES string of the molecule is CCc1ccccc1OCC(=O)NCc1ccccc1C. The minimum Gasteiger partial charge on any atom is -0.483 e. The van der Waals surface area contributed by atoms with Gasteiger partial charge in [-0.1, -0.05) is 49.4 Å². The molecule has 1 amide bonds. The summed E-state index contributed by atoms with van der Waals surface area (Å²) in [6.07, 6.45) is 0.890. The average Bonchev–Trinajstić information content (AvgIpc) is 2.52. The Labute approximate surface area is 126 Å². The first kappa shape index (κ1) is 15.1. The molecule has 110 valence electrons. The molecule has 0 aliphatic heterocycles. The van der Waals surface area contributed by atoms with Crippen LogP contribution in [0.2, 0.25) is 0 Å². The first-order valence-corrected chi connectivity index (χ1v) is 7.22. The summed E-state index contributed by atoms with van der Waals surface area (Å²) in [4.78, 5) is 11.9. The van der Waals surface area contributed by atoms with Gasteiger partial charge in [-0.3, -0.25) is 4.79 Å². The zero-order chi connectivity index (χ0) is 15.1. The number of aryl methyl sites for hydroxylation is 2. The van der Waals surface area contributed by atoms with Crippen LogP contribution in [0, 0.1) is 6.92 Å². The van der Waals surface area contributed by atoms with Gasteiger partial charge in [0.1, 0.15) is 5.75 Å². The Morgan fingerprint density at radius 1 is 1.05 bits per heavy atom. The van der Waals surface area contributed by atoms with Crippen molar-refractivity contribution in [2.45, 2.75) is 26.8 Å². The summed E-state index contributed by atoms with van der Waals surface area (Å²) in [7, 11) is 0. The summed E-state index contributed by atoms with van der Waals surface area (Å²) >= 11 is 0. The van der Waals surface area contributed by atoms with Gasteiger partial charge in [-0.15, -0.1) is 0 Å². The molecule has 0 saturated heterocycles. The average molecular weight is 283 g/mol. The van der Waals surface area contributed by atoms with Crippen LogP contribution in [0.25, 0.3) is 0 Å². The predicted molar refractivity (Wildman–Crippen MR) is 84.3 cm³/mol. The van der Waals surface area contributed by atoms with Crippen molar-refractivity contribution in [3.63, 3.8) is 0 Å². The van der Waals surface area contributed by atoms with Gasteiger partial charge in [0.15, 0.2) is 6.61 Å². The third-order valence-electron chi connectivity index (χ3n) is 3.45. The summed E-state index contributed by atoms with van der Waals surface area (Å²) in [5, 5.41) is 2.88. The second-order valence-corrected chi connectivity index (χ2v) is 4.95. The Balaban J connectivity index is 1.84. The van der Waals surface area contributed by atoms with Crippen LogP contribution in [0.4, 0.5) is 0 Å². The van der Waals surface area contributed by atoms with Gasteiger partial charge < -0.3 is 10.1 Å². The molecule has 2 rings (SSSR count). The van der Waals surface area contributed by atoms with E-state index in [0.29, 0.717) is 6.54 Å². The maximum Gasteiger partial charge on any atom is 0.258 e. The molecular formula is C18H21NO2. The van der Waals surface area contributed by atoms with Crippen LogP contribution < -0.4 is 10.1 Å². The molecule has 0 spiro atoms. The Bertz CT molecular complexity index is 608. The summed E-state index contributed by atoms with van der Waals surface area (Å²) in [5.74, 6) is 0.676. The molecule has 0 bridgehead atoms. The van der Waals surface area contributed by atoms with Gasteiger partial charge in [0.25, 0.3) is 5.91 Å². The molecule has 3 nitrogen and oxygen atoms in total. The Kier molecular flexibility index (Phi) is 5.38. The number of hydrogen-bond acceptors (Lipinski definition) is 2. The van der Waals surface area contributed by atoms with E-state index in [1.54, 1.807) is 0 Å². The van der Waals surface area contributed by atoms with Crippen molar-refractivity contribution in [2.24, 2.45) is 0 Å². The number of benzene rings is 2. The maximum atomic E-state index is 11.9. The van der Waals surface area contributed by atoms with E-state index in [1.807, 2.05) is 55.5 Å². The molecule has 0 heterocycles. The van der Waals surface area contributed by atoms with Gasteiger partial charge >= 0.3 is 0 Å². The number of hydrogen-bond donors (Lipinski definition) is 1. The Morgan fingerprint density at radius 2 is 1.71 bits per heavy atom. The van der Waals surface area contributed by atoms with Crippen molar-refractivity contribution >= 4 is 5.91 Å². The van der Waals surface area contributed by atoms with E-state index in [1.165, 1.54) is 5.56 Å². The number of carbonyl (C=O) groups is 1. The first-order valence-electron chi connectivity index (χ1n) is 7.22. The van der Waals surface area contributed by atoms with Crippen LogP contribution >= 0.6 is 0 Å². The van der Waals surface area contributed by atoms with E-state index < -0.39 is 0 Å². The van der Waals surface area contributed by atoms with E-state index in [2.05, 4.69) is 12.2 Å². The van der Waals surface area contributed by atoms with E-state index in [4.69, 9.17) is 4.74 Å². The fourth-order valence-electron chi connectivity index (χ4n) is 2.13. The van der Waals surface area contributed by atoms with Crippen LogP contribution in [0.15, 0.2) is 48.5 Å².